The van der Waals surface area contributed by atoms with Gasteiger partial charge in [-0.05, 0) is 43.9 Å². The minimum absolute atomic E-state index is 0.0790. The number of nitrogens with zero attached hydrogens (tertiary/aromatic N) is 1. The normalized spacial score (nSPS) is 24.0. The highest BCUT2D eigenvalue weighted by atomic mass is 16.3. The predicted octanol–water partition coefficient (Wildman–Crippen LogP) is 2.36. The Morgan fingerprint density at radius 3 is 2.61 bits per heavy atom. The molecule has 4 heteroatoms. The lowest BCUT2D eigenvalue weighted by Gasteiger charge is -2.36. The molecule has 1 fully saturated rings. The molecule has 0 bridgehead atoms. The third-order valence-electron chi connectivity index (χ3n) is 3.62. The van der Waals surface area contributed by atoms with Gasteiger partial charge in [-0.2, -0.15) is 0 Å². The molecule has 2 unspecified atom stereocenters. The van der Waals surface area contributed by atoms with Crippen molar-refractivity contribution in [1.82, 2.24) is 4.90 Å². The first kappa shape index (κ1) is 12.7. The Bertz CT molecular complexity index is 458. The molecular formula is C14H19NO3. The van der Waals surface area contributed by atoms with Crippen molar-refractivity contribution >= 4 is 5.91 Å². The van der Waals surface area contributed by atoms with Gasteiger partial charge in [0.15, 0.2) is 11.5 Å². The summed E-state index contributed by atoms with van der Waals surface area (Å²) < 4.78 is 0. The van der Waals surface area contributed by atoms with Crippen molar-refractivity contribution in [2.45, 2.75) is 32.7 Å². The molecule has 1 heterocycles. The van der Waals surface area contributed by atoms with Crippen LogP contribution >= 0.6 is 0 Å². The van der Waals surface area contributed by atoms with E-state index in [0.29, 0.717) is 11.5 Å². The van der Waals surface area contributed by atoms with E-state index >= 15 is 0 Å². The molecule has 1 aliphatic heterocycles. The number of phenolic OH excluding ortho intramolecular Hbond substituents is 2. The number of phenols is 2. The maximum Gasteiger partial charge on any atom is 0.254 e. The average molecular weight is 249 g/mol. The minimum Gasteiger partial charge on any atom is -0.504 e. The van der Waals surface area contributed by atoms with E-state index in [1.807, 2.05) is 11.8 Å². The van der Waals surface area contributed by atoms with Gasteiger partial charge in [0.1, 0.15) is 0 Å². The Morgan fingerprint density at radius 1 is 1.28 bits per heavy atom. The van der Waals surface area contributed by atoms with Crippen LogP contribution in [-0.2, 0) is 0 Å². The lowest BCUT2D eigenvalue weighted by Crippen LogP contribution is -2.44. The summed E-state index contributed by atoms with van der Waals surface area (Å²) >= 11 is 0. The molecule has 0 aromatic heterocycles. The first-order valence-electron chi connectivity index (χ1n) is 6.32. The molecule has 1 amide bonds. The molecule has 0 radical (unpaired) electrons. The van der Waals surface area contributed by atoms with Gasteiger partial charge in [0.25, 0.3) is 5.91 Å². The largest absolute Gasteiger partial charge is 0.504 e. The van der Waals surface area contributed by atoms with Crippen LogP contribution in [-0.4, -0.2) is 33.6 Å². The Labute approximate surface area is 107 Å². The van der Waals surface area contributed by atoms with Crippen molar-refractivity contribution in [3.63, 3.8) is 0 Å². The monoisotopic (exact) mass is 249 g/mol. The van der Waals surface area contributed by atoms with Gasteiger partial charge >= 0.3 is 0 Å². The summed E-state index contributed by atoms with van der Waals surface area (Å²) in [7, 11) is 0. The molecule has 0 aliphatic carbocycles. The fourth-order valence-electron chi connectivity index (χ4n) is 2.53. The van der Waals surface area contributed by atoms with Crippen molar-refractivity contribution in [1.29, 1.82) is 0 Å². The predicted molar refractivity (Wildman–Crippen MR) is 68.7 cm³/mol. The molecule has 2 N–H and O–H groups in total. The van der Waals surface area contributed by atoms with Crippen molar-refractivity contribution in [2.24, 2.45) is 5.92 Å². The van der Waals surface area contributed by atoms with Crippen LogP contribution in [0, 0.1) is 5.92 Å². The molecule has 1 saturated heterocycles. The molecule has 1 aromatic carbocycles. The number of aromatic hydroxyl groups is 2. The number of carbonyl (C=O) groups excluding carboxylic acids is 1. The van der Waals surface area contributed by atoms with E-state index in [1.165, 1.54) is 12.1 Å². The highest BCUT2D eigenvalue weighted by molar-refractivity contribution is 5.95. The Morgan fingerprint density at radius 2 is 2.00 bits per heavy atom. The van der Waals surface area contributed by atoms with E-state index in [1.54, 1.807) is 6.07 Å². The Kier molecular flexibility index (Phi) is 3.45. The average Bonchev–Trinajstić information content (AvgIpc) is 2.32. The Balaban J connectivity index is 2.18. The maximum atomic E-state index is 12.3. The first-order valence-corrected chi connectivity index (χ1v) is 6.32. The second kappa shape index (κ2) is 4.88. The van der Waals surface area contributed by atoms with Crippen LogP contribution in [0.4, 0.5) is 0 Å². The molecule has 98 valence electrons. The van der Waals surface area contributed by atoms with Crippen molar-refractivity contribution in [3.8, 4) is 11.5 Å². The molecular weight excluding hydrogens is 230 g/mol. The molecule has 18 heavy (non-hydrogen) atoms. The quantitative estimate of drug-likeness (QED) is 0.751. The van der Waals surface area contributed by atoms with E-state index < -0.39 is 0 Å². The van der Waals surface area contributed by atoms with Crippen LogP contribution in [0.5, 0.6) is 11.5 Å². The van der Waals surface area contributed by atoms with Crippen molar-refractivity contribution in [2.75, 3.05) is 6.54 Å². The maximum absolute atomic E-state index is 12.3. The third kappa shape index (κ3) is 2.42. The lowest BCUT2D eigenvalue weighted by atomic mass is 9.93. The zero-order chi connectivity index (χ0) is 13.3. The van der Waals surface area contributed by atoms with Crippen LogP contribution in [0.15, 0.2) is 18.2 Å². The fourth-order valence-corrected chi connectivity index (χ4v) is 2.53. The number of hydrogen-bond acceptors (Lipinski definition) is 3. The summed E-state index contributed by atoms with van der Waals surface area (Å²) in [5.74, 6) is 0.118. The second-order valence-electron chi connectivity index (χ2n) is 5.18. The molecule has 1 aliphatic rings. The SMILES string of the molecule is CC1CCN(C(=O)c2ccc(O)c(O)c2)C(C)C1. The van der Waals surface area contributed by atoms with Crippen LogP contribution in [0.2, 0.25) is 0 Å². The van der Waals surface area contributed by atoms with Crippen LogP contribution < -0.4 is 0 Å². The molecule has 2 atom stereocenters. The number of carbonyl (C=O) groups is 1. The topological polar surface area (TPSA) is 60.8 Å². The van der Waals surface area contributed by atoms with Crippen LogP contribution in [0.1, 0.15) is 37.0 Å². The zero-order valence-corrected chi connectivity index (χ0v) is 10.8. The van der Waals surface area contributed by atoms with Gasteiger partial charge in [0, 0.05) is 18.2 Å². The smallest absolute Gasteiger partial charge is 0.254 e. The summed E-state index contributed by atoms with van der Waals surface area (Å²) in [5, 5.41) is 18.7. The highest BCUT2D eigenvalue weighted by Crippen LogP contribution is 2.28. The minimum atomic E-state index is -0.251. The zero-order valence-electron chi connectivity index (χ0n) is 10.8. The summed E-state index contributed by atoms with van der Waals surface area (Å²) in [4.78, 5) is 14.2. The molecule has 2 rings (SSSR count). The van der Waals surface area contributed by atoms with Gasteiger partial charge in [0.2, 0.25) is 0 Å². The number of piperidine rings is 1. The van der Waals surface area contributed by atoms with Gasteiger partial charge in [-0.15, -0.1) is 0 Å². The summed E-state index contributed by atoms with van der Waals surface area (Å²) in [5.41, 5.74) is 0.423. The first-order chi connectivity index (χ1) is 8.49. The van der Waals surface area contributed by atoms with Crippen LogP contribution in [0.3, 0.4) is 0 Å². The van der Waals surface area contributed by atoms with Gasteiger partial charge < -0.3 is 15.1 Å². The number of benzene rings is 1. The summed E-state index contributed by atoms with van der Waals surface area (Å²) in [6.45, 7) is 5.00. The second-order valence-corrected chi connectivity index (χ2v) is 5.18. The number of rotatable bonds is 1. The number of hydrogen-bond donors (Lipinski definition) is 2. The van der Waals surface area contributed by atoms with Crippen molar-refractivity contribution in [3.05, 3.63) is 23.8 Å². The third-order valence-corrected chi connectivity index (χ3v) is 3.62. The number of amides is 1. The van der Waals surface area contributed by atoms with Gasteiger partial charge in [-0.3, -0.25) is 4.79 Å². The Hall–Kier alpha value is -1.71. The van der Waals surface area contributed by atoms with Gasteiger partial charge in [-0.1, -0.05) is 6.92 Å². The van der Waals surface area contributed by atoms with E-state index in [4.69, 9.17) is 0 Å². The van der Waals surface area contributed by atoms with E-state index in [-0.39, 0.29) is 23.4 Å². The van der Waals surface area contributed by atoms with E-state index in [0.717, 1.165) is 19.4 Å². The van der Waals surface area contributed by atoms with E-state index in [9.17, 15) is 15.0 Å². The lowest BCUT2D eigenvalue weighted by molar-refractivity contribution is 0.0588. The molecule has 0 spiro atoms. The molecule has 0 saturated carbocycles. The highest BCUT2D eigenvalue weighted by Gasteiger charge is 2.27. The summed E-state index contributed by atoms with van der Waals surface area (Å²) in [6.07, 6.45) is 2.02. The van der Waals surface area contributed by atoms with Gasteiger partial charge in [0.05, 0.1) is 0 Å². The number of likely N-dealkylation sites (tertiary alicyclic amines) is 1. The summed E-state index contributed by atoms with van der Waals surface area (Å²) in [6, 6.07) is 4.43. The van der Waals surface area contributed by atoms with Crippen LogP contribution in [0.25, 0.3) is 0 Å². The van der Waals surface area contributed by atoms with E-state index in [2.05, 4.69) is 6.92 Å². The van der Waals surface area contributed by atoms with Crippen molar-refractivity contribution < 1.29 is 15.0 Å². The molecule has 4 nitrogen and oxygen atoms in total. The molecule has 1 aromatic rings. The van der Waals surface area contributed by atoms with Gasteiger partial charge in [-0.25, -0.2) is 0 Å². The standard InChI is InChI=1S/C14H19NO3/c1-9-5-6-15(10(2)7-9)14(18)11-3-4-12(16)13(17)8-11/h3-4,8-10,16-17H,5-7H2,1-2H3. The fraction of sp³-hybridized carbons (Fsp3) is 0.500.